The van der Waals surface area contributed by atoms with Crippen LogP contribution in [0, 0.1) is 0 Å². The third-order valence-corrected chi connectivity index (χ3v) is 7.45. The van der Waals surface area contributed by atoms with Gasteiger partial charge in [0.2, 0.25) is 0 Å². The predicted octanol–water partition coefficient (Wildman–Crippen LogP) is 5.49. The SMILES string of the molecule is COc1cccc(C(CN2CCN(C(=O)NC3C[C@H]3c3ccccc3)CC2)OCc2cccc(Cl)c2)c1. The van der Waals surface area contributed by atoms with Gasteiger partial charge in [0.1, 0.15) is 5.75 Å². The number of methoxy groups -OCH3 is 1. The van der Waals surface area contributed by atoms with Gasteiger partial charge in [-0.2, -0.15) is 0 Å². The molecule has 2 fully saturated rings. The summed E-state index contributed by atoms with van der Waals surface area (Å²) in [5.41, 5.74) is 3.41. The van der Waals surface area contributed by atoms with Gasteiger partial charge in [0.15, 0.2) is 0 Å². The summed E-state index contributed by atoms with van der Waals surface area (Å²) in [5.74, 6) is 1.25. The number of amides is 2. The molecule has 5 rings (SSSR count). The maximum atomic E-state index is 12.9. The molecular weight excluding hydrogens is 486 g/mol. The van der Waals surface area contributed by atoms with Crippen molar-refractivity contribution < 1.29 is 14.3 Å². The van der Waals surface area contributed by atoms with Crippen LogP contribution in [0.1, 0.15) is 35.1 Å². The summed E-state index contributed by atoms with van der Waals surface area (Å²) in [4.78, 5) is 17.2. The number of carbonyl (C=O) groups excluding carboxylic acids is 1. The van der Waals surface area contributed by atoms with Gasteiger partial charge in [-0.1, -0.05) is 66.2 Å². The molecule has 3 atom stereocenters. The molecule has 6 nitrogen and oxygen atoms in total. The third-order valence-electron chi connectivity index (χ3n) is 7.22. The monoisotopic (exact) mass is 519 g/mol. The van der Waals surface area contributed by atoms with Gasteiger partial charge in [-0.3, -0.25) is 4.90 Å². The first-order valence-electron chi connectivity index (χ1n) is 12.9. The second-order valence-electron chi connectivity index (χ2n) is 9.80. The Labute approximate surface area is 224 Å². The molecule has 1 saturated heterocycles. The fraction of sp³-hybridized carbons (Fsp3) is 0.367. The minimum Gasteiger partial charge on any atom is -0.497 e. The van der Waals surface area contributed by atoms with Gasteiger partial charge in [-0.25, -0.2) is 4.79 Å². The highest BCUT2D eigenvalue weighted by Crippen LogP contribution is 2.40. The standard InChI is InChI=1S/C30H34ClN3O3/c1-36-26-12-6-10-24(18-26)29(37-21-22-7-5-11-25(31)17-22)20-33-13-15-34(16-14-33)30(35)32-28-19-27(28)23-8-3-2-4-9-23/h2-12,17-18,27-29H,13-16,19-21H2,1H3,(H,32,35)/t27-,28?,29?/m0/s1. The molecule has 3 aromatic rings. The lowest BCUT2D eigenvalue weighted by atomic mass is 10.1. The first-order chi connectivity index (χ1) is 18.1. The molecule has 1 N–H and O–H groups in total. The van der Waals surface area contributed by atoms with Gasteiger partial charge in [0, 0.05) is 49.7 Å². The second kappa shape index (κ2) is 12.0. The van der Waals surface area contributed by atoms with Crippen molar-refractivity contribution in [2.24, 2.45) is 0 Å². The van der Waals surface area contributed by atoms with Gasteiger partial charge < -0.3 is 19.7 Å². The zero-order chi connectivity index (χ0) is 25.6. The van der Waals surface area contributed by atoms with Crippen LogP contribution in [0.4, 0.5) is 4.79 Å². The molecule has 7 heteroatoms. The van der Waals surface area contributed by atoms with Gasteiger partial charge in [-0.15, -0.1) is 0 Å². The van der Waals surface area contributed by atoms with Gasteiger partial charge in [0.05, 0.1) is 19.8 Å². The number of hydrogen-bond acceptors (Lipinski definition) is 4. The number of hydrogen-bond donors (Lipinski definition) is 1. The summed E-state index contributed by atoms with van der Waals surface area (Å²) in [6, 6.07) is 26.5. The average Bonchev–Trinajstić information content (AvgIpc) is 3.71. The fourth-order valence-corrected chi connectivity index (χ4v) is 5.17. The number of urea groups is 1. The van der Waals surface area contributed by atoms with Crippen LogP contribution in [0.3, 0.4) is 0 Å². The van der Waals surface area contributed by atoms with E-state index in [9.17, 15) is 4.79 Å². The van der Waals surface area contributed by atoms with Gasteiger partial charge >= 0.3 is 6.03 Å². The molecule has 0 spiro atoms. The Kier molecular flexibility index (Phi) is 8.29. The van der Waals surface area contributed by atoms with Crippen molar-refractivity contribution >= 4 is 17.6 Å². The summed E-state index contributed by atoms with van der Waals surface area (Å²) >= 11 is 6.17. The number of ether oxygens (including phenoxy) is 2. The topological polar surface area (TPSA) is 54.0 Å². The van der Waals surface area contributed by atoms with Crippen LogP contribution >= 0.6 is 11.6 Å². The molecule has 0 radical (unpaired) electrons. The summed E-state index contributed by atoms with van der Waals surface area (Å²) < 4.78 is 11.9. The van der Waals surface area contributed by atoms with E-state index in [0.29, 0.717) is 30.6 Å². The maximum Gasteiger partial charge on any atom is 0.317 e. The molecular formula is C30H34ClN3O3. The molecule has 1 heterocycles. The molecule has 1 aliphatic heterocycles. The van der Waals surface area contributed by atoms with E-state index in [0.717, 1.165) is 42.9 Å². The summed E-state index contributed by atoms with van der Waals surface area (Å²) in [6.45, 7) is 4.22. The van der Waals surface area contributed by atoms with Crippen molar-refractivity contribution in [2.45, 2.75) is 31.1 Å². The Morgan fingerprint density at radius 2 is 1.78 bits per heavy atom. The van der Waals surface area contributed by atoms with Crippen molar-refractivity contribution in [3.63, 3.8) is 0 Å². The highest BCUT2D eigenvalue weighted by Gasteiger charge is 2.40. The smallest absolute Gasteiger partial charge is 0.317 e. The van der Waals surface area contributed by atoms with E-state index in [-0.39, 0.29) is 18.2 Å². The lowest BCUT2D eigenvalue weighted by molar-refractivity contribution is 0.00546. The molecule has 0 bridgehead atoms. The van der Waals surface area contributed by atoms with E-state index in [1.807, 2.05) is 53.4 Å². The molecule has 37 heavy (non-hydrogen) atoms. The Morgan fingerprint density at radius 1 is 1.00 bits per heavy atom. The number of nitrogens with one attached hydrogen (secondary N) is 1. The Bertz CT molecular complexity index is 1180. The summed E-state index contributed by atoms with van der Waals surface area (Å²) in [7, 11) is 1.68. The van der Waals surface area contributed by atoms with Crippen molar-refractivity contribution in [1.29, 1.82) is 0 Å². The zero-order valence-electron chi connectivity index (χ0n) is 21.2. The number of piperazine rings is 1. The Balaban J connectivity index is 1.15. The van der Waals surface area contributed by atoms with E-state index >= 15 is 0 Å². The summed E-state index contributed by atoms with van der Waals surface area (Å²) in [6.07, 6.45) is 0.884. The number of halogens is 1. The highest BCUT2D eigenvalue weighted by atomic mass is 35.5. The molecule has 1 saturated carbocycles. The van der Waals surface area contributed by atoms with E-state index < -0.39 is 0 Å². The van der Waals surface area contributed by atoms with Crippen molar-refractivity contribution in [3.05, 3.63) is 101 Å². The normalized spacial score (nSPS) is 20.3. The summed E-state index contributed by atoms with van der Waals surface area (Å²) in [5, 5.41) is 3.93. The highest BCUT2D eigenvalue weighted by molar-refractivity contribution is 6.30. The van der Waals surface area contributed by atoms with Gasteiger partial charge in [0.25, 0.3) is 0 Å². The first kappa shape index (κ1) is 25.6. The van der Waals surface area contributed by atoms with Crippen LogP contribution in [-0.4, -0.2) is 61.7 Å². The molecule has 2 amide bonds. The number of carbonyl (C=O) groups is 1. The second-order valence-corrected chi connectivity index (χ2v) is 10.2. The van der Waals surface area contributed by atoms with Crippen LogP contribution < -0.4 is 10.1 Å². The zero-order valence-corrected chi connectivity index (χ0v) is 21.9. The average molecular weight is 520 g/mol. The van der Waals surface area contributed by atoms with Gasteiger partial charge in [-0.05, 0) is 47.4 Å². The predicted molar refractivity (Wildman–Crippen MR) is 146 cm³/mol. The van der Waals surface area contributed by atoms with Crippen molar-refractivity contribution in [2.75, 3.05) is 39.8 Å². The fourth-order valence-electron chi connectivity index (χ4n) is 4.96. The Morgan fingerprint density at radius 3 is 2.54 bits per heavy atom. The van der Waals surface area contributed by atoms with E-state index in [4.69, 9.17) is 21.1 Å². The van der Waals surface area contributed by atoms with Crippen LogP contribution in [0.15, 0.2) is 78.9 Å². The van der Waals surface area contributed by atoms with Crippen LogP contribution in [0.5, 0.6) is 5.75 Å². The lowest BCUT2D eigenvalue weighted by Crippen LogP contribution is -2.52. The molecule has 2 unspecified atom stereocenters. The maximum absolute atomic E-state index is 12.9. The van der Waals surface area contributed by atoms with E-state index in [1.54, 1.807) is 7.11 Å². The lowest BCUT2D eigenvalue weighted by Gasteiger charge is -2.36. The molecule has 2 aliphatic rings. The van der Waals surface area contributed by atoms with Crippen molar-refractivity contribution in [1.82, 2.24) is 15.1 Å². The Hall–Kier alpha value is -3.06. The minimum absolute atomic E-state index is 0.0460. The largest absolute Gasteiger partial charge is 0.497 e. The molecule has 3 aromatic carbocycles. The quantitative estimate of drug-likeness (QED) is 0.406. The first-order valence-corrected chi connectivity index (χ1v) is 13.3. The van der Waals surface area contributed by atoms with E-state index in [1.165, 1.54) is 5.56 Å². The minimum atomic E-state index is -0.132. The number of benzene rings is 3. The molecule has 0 aromatic heterocycles. The number of nitrogens with zero attached hydrogens (tertiary/aromatic N) is 2. The molecule has 1 aliphatic carbocycles. The van der Waals surface area contributed by atoms with Crippen LogP contribution in [-0.2, 0) is 11.3 Å². The van der Waals surface area contributed by atoms with Crippen LogP contribution in [0.25, 0.3) is 0 Å². The third kappa shape index (κ3) is 6.83. The number of rotatable bonds is 9. The van der Waals surface area contributed by atoms with Crippen LogP contribution in [0.2, 0.25) is 5.02 Å². The molecule has 194 valence electrons. The van der Waals surface area contributed by atoms with Crippen molar-refractivity contribution in [3.8, 4) is 5.75 Å². The van der Waals surface area contributed by atoms with E-state index in [2.05, 4.69) is 40.5 Å².